The van der Waals surface area contributed by atoms with Crippen LogP contribution in [0.15, 0.2) is 66.7 Å². The molecule has 2 heterocycles. The third kappa shape index (κ3) is 10.3. The Hall–Kier alpha value is -4.84. The fraction of sp³-hybridized carbons (Fsp3) is 0.429. The highest BCUT2D eigenvalue weighted by molar-refractivity contribution is 5.96. The highest BCUT2D eigenvalue weighted by Crippen LogP contribution is 2.21. The number of aliphatic hydroxyl groups is 1. The largest absolute Gasteiger partial charge is 0.460 e. The van der Waals surface area contributed by atoms with Gasteiger partial charge in [-0.05, 0) is 45.7 Å². The number of aliphatic hydroxyl groups excluding tert-OH is 1. The molecule has 2 aromatic carbocycles. The van der Waals surface area contributed by atoms with Crippen LogP contribution in [0.3, 0.4) is 0 Å². The van der Waals surface area contributed by atoms with E-state index in [1.165, 1.54) is 11.0 Å². The molecule has 2 N–H and O–H groups in total. The number of esters is 1. The highest BCUT2D eigenvalue weighted by atomic mass is 16.6. The quantitative estimate of drug-likeness (QED) is 0.296. The maximum absolute atomic E-state index is 13.8. The number of benzene rings is 2. The standard InChI is InChI=1S/C35H43N5O7/c1-5-46-34(45)40-20-18-39(19-21-40)33(44)27(16-17-30(42)47-35(2,3)4)38-32(43)28-22-26(23-29(41)24-12-8-6-9-13-24)36-31(37-28)25-14-10-7-11-15-25/h6-15,22,27,29,41H,5,16-21,23H2,1-4H3,(H,38,43)/t27-,29?/m0/s1. The molecule has 12 nitrogen and oxygen atoms in total. The molecule has 1 aromatic heterocycles. The molecule has 47 heavy (non-hydrogen) atoms. The van der Waals surface area contributed by atoms with Crippen molar-refractivity contribution >= 4 is 23.9 Å². The van der Waals surface area contributed by atoms with Gasteiger partial charge in [0.2, 0.25) is 5.91 Å². The number of nitrogens with one attached hydrogen (secondary N) is 1. The van der Waals surface area contributed by atoms with E-state index in [0.29, 0.717) is 22.6 Å². The Morgan fingerprint density at radius 1 is 0.915 bits per heavy atom. The molecule has 0 saturated carbocycles. The van der Waals surface area contributed by atoms with Gasteiger partial charge in [-0.15, -0.1) is 0 Å². The first kappa shape index (κ1) is 35.0. The minimum Gasteiger partial charge on any atom is -0.460 e. The summed E-state index contributed by atoms with van der Waals surface area (Å²) < 4.78 is 10.5. The summed E-state index contributed by atoms with van der Waals surface area (Å²) in [6.07, 6.45) is -1.31. The zero-order chi connectivity index (χ0) is 34.0. The van der Waals surface area contributed by atoms with Crippen LogP contribution < -0.4 is 5.32 Å². The molecule has 0 bridgehead atoms. The molecule has 1 saturated heterocycles. The lowest BCUT2D eigenvalue weighted by atomic mass is 10.0. The number of nitrogens with zero attached hydrogens (tertiary/aromatic N) is 4. The molecule has 1 fully saturated rings. The third-order valence-electron chi connectivity index (χ3n) is 7.41. The zero-order valence-corrected chi connectivity index (χ0v) is 27.3. The van der Waals surface area contributed by atoms with E-state index in [0.717, 1.165) is 0 Å². The van der Waals surface area contributed by atoms with Crippen molar-refractivity contribution < 1.29 is 33.8 Å². The Balaban J connectivity index is 1.57. The maximum atomic E-state index is 13.8. The summed E-state index contributed by atoms with van der Waals surface area (Å²) in [5.41, 5.74) is 1.12. The van der Waals surface area contributed by atoms with Gasteiger partial charge in [0, 0.05) is 50.3 Å². The van der Waals surface area contributed by atoms with Crippen LogP contribution in [0.1, 0.15) is 68.4 Å². The average molecular weight is 646 g/mol. The topological polar surface area (TPSA) is 151 Å². The average Bonchev–Trinajstić information content (AvgIpc) is 3.06. The number of amides is 3. The summed E-state index contributed by atoms with van der Waals surface area (Å²) in [6, 6.07) is 18.7. The highest BCUT2D eigenvalue weighted by Gasteiger charge is 2.32. The minimum absolute atomic E-state index is 0.00617. The van der Waals surface area contributed by atoms with Crippen LogP contribution in [-0.2, 0) is 25.5 Å². The van der Waals surface area contributed by atoms with Gasteiger partial charge in [0.15, 0.2) is 5.82 Å². The van der Waals surface area contributed by atoms with Gasteiger partial charge in [0.25, 0.3) is 5.91 Å². The number of carbonyl (C=O) groups excluding carboxylic acids is 4. The summed E-state index contributed by atoms with van der Waals surface area (Å²) in [7, 11) is 0. The predicted molar refractivity (Wildman–Crippen MR) is 174 cm³/mol. The molecule has 2 atom stereocenters. The molecule has 1 unspecified atom stereocenters. The number of rotatable bonds is 11. The Kier molecular flexibility index (Phi) is 12.0. The Labute approximate surface area is 275 Å². The van der Waals surface area contributed by atoms with Gasteiger partial charge in [-0.25, -0.2) is 14.8 Å². The van der Waals surface area contributed by atoms with Crippen molar-refractivity contribution in [3.05, 3.63) is 83.7 Å². The third-order valence-corrected chi connectivity index (χ3v) is 7.41. The second kappa shape index (κ2) is 16.1. The van der Waals surface area contributed by atoms with Crippen LogP contribution >= 0.6 is 0 Å². The summed E-state index contributed by atoms with van der Waals surface area (Å²) >= 11 is 0. The lowest BCUT2D eigenvalue weighted by molar-refractivity contribution is -0.155. The summed E-state index contributed by atoms with van der Waals surface area (Å²) in [4.78, 5) is 64.6. The fourth-order valence-corrected chi connectivity index (χ4v) is 5.11. The van der Waals surface area contributed by atoms with Crippen LogP contribution in [0.2, 0.25) is 0 Å². The van der Waals surface area contributed by atoms with Crippen molar-refractivity contribution in [1.29, 1.82) is 0 Å². The molecule has 0 spiro atoms. The van der Waals surface area contributed by atoms with Crippen LogP contribution in [0.25, 0.3) is 11.4 Å². The summed E-state index contributed by atoms with van der Waals surface area (Å²) in [5, 5.41) is 13.7. The molecule has 0 radical (unpaired) electrons. The number of hydrogen-bond donors (Lipinski definition) is 2. The van der Waals surface area contributed by atoms with Crippen LogP contribution in [0.4, 0.5) is 4.79 Å². The summed E-state index contributed by atoms with van der Waals surface area (Å²) in [6.45, 7) is 8.27. The number of carbonyl (C=O) groups is 4. The van der Waals surface area contributed by atoms with E-state index in [-0.39, 0.29) is 63.6 Å². The van der Waals surface area contributed by atoms with E-state index in [9.17, 15) is 24.3 Å². The molecule has 4 rings (SSSR count). The number of piperazine rings is 1. The first-order valence-corrected chi connectivity index (χ1v) is 15.8. The second-order valence-corrected chi connectivity index (χ2v) is 12.2. The molecular formula is C35H43N5O7. The van der Waals surface area contributed by atoms with E-state index in [1.54, 1.807) is 32.6 Å². The van der Waals surface area contributed by atoms with Crippen molar-refractivity contribution in [3.8, 4) is 11.4 Å². The maximum Gasteiger partial charge on any atom is 0.409 e. The van der Waals surface area contributed by atoms with E-state index in [2.05, 4.69) is 15.3 Å². The lowest BCUT2D eigenvalue weighted by Gasteiger charge is -2.36. The predicted octanol–water partition coefficient (Wildman–Crippen LogP) is 3.94. The van der Waals surface area contributed by atoms with E-state index in [1.807, 2.05) is 60.7 Å². The van der Waals surface area contributed by atoms with E-state index >= 15 is 0 Å². The van der Waals surface area contributed by atoms with Crippen molar-refractivity contribution in [3.63, 3.8) is 0 Å². The molecule has 3 aromatic rings. The Morgan fingerprint density at radius 2 is 1.53 bits per heavy atom. The SMILES string of the molecule is CCOC(=O)N1CCN(C(=O)[C@H](CCC(=O)OC(C)(C)C)NC(=O)c2cc(CC(O)c3ccccc3)nc(-c3ccccc3)n2)CC1. The number of aromatic nitrogens is 2. The fourth-order valence-electron chi connectivity index (χ4n) is 5.11. The van der Waals surface area contributed by atoms with Crippen molar-refractivity contribution in [1.82, 2.24) is 25.1 Å². The van der Waals surface area contributed by atoms with Gasteiger partial charge in [-0.3, -0.25) is 14.4 Å². The van der Waals surface area contributed by atoms with Gasteiger partial charge in [-0.1, -0.05) is 60.7 Å². The van der Waals surface area contributed by atoms with Gasteiger partial charge < -0.3 is 29.7 Å². The van der Waals surface area contributed by atoms with Crippen molar-refractivity contribution in [2.24, 2.45) is 0 Å². The first-order valence-electron chi connectivity index (χ1n) is 15.8. The number of hydrogen-bond acceptors (Lipinski definition) is 9. The van der Waals surface area contributed by atoms with E-state index < -0.39 is 35.7 Å². The smallest absolute Gasteiger partial charge is 0.409 e. The van der Waals surface area contributed by atoms with Crippen LogP contribution in [-0.4, -0.2) is 93.2 Å². The molecular weight excluding hydrogens is 602 g/mol. The van der Waals surface area contributed by atoms with Gasteiger partial charge in [-0.2, -0.15) is 0 Å². The van der Waals surface area contributed by atoms with Gasteiger partial charge in [0.05, 0.1) is 12.7 Å². The second-order valence-electron chi connectivity index (χ2n) is 12.2. The molecule has 3 amide bonds. The van der Waals surface area contributed by atoms with Crippen molar-refractivity contribution in [2.45, 2.75) is 64.7 Å². The monoisotopic (exact) mass is 645 g/mol. The molecule has 250 valence electrons. The molecule has 1 aliphatic heterocycles. The summed E-state index contributed by atoms with van der Waals surface area (Å²) in [5.74, 6) is -1.22. The Morgan fingerprint density at radius 3 is 2.15 bits per heavy atom. The minimum atomic E-state index is -1.07. The molecule has 1 aliphatic rings. The number of ether oxygens (including phenoxy) is 2. The zero-order valence-electron chi connectivity index (χ0n) is 27.3. The molecule has 0 aliphatic carbocycles. The van der Waals surface area contributed by atoms with Crippen molar-refractivity contribution in [2.75, 3.05) is 32.8 Å². The first-order chi connectivity index (χ1) is 22.4. The normalized spacial score (nSPS) is 14.6. The van der Waals surface area contributed by atoms with Crippen LogP contribution in [0.5, 0.6) is 0 Å². The van der Waals surface area contributed by atoms with Gasteiger partial charge in [0.1, 0.15) is 17.3 Å². The van der Waals surface area contributed by atoms with Crippen LogP contribution in [0, 0.1) is 0 Å². The lowest BCUT2D eigenvalue weighted by Crippen LogP contribution is -2.56. The van der Waals surface area contributed by atoms with E-state index in [4.69, 9.17) is 9.47 Å². The Bertz CT molecular complexity index is 1520. The molecule has 12 heteroatoms. The van der Waals surface area contributed by atoms with Gasteiger partial charge >= 0.3 is 12.1 Å².